The van der Waals surface area contributed by atoms with E-state index in [0.717, 1.165) is 17.0 Å². The van der Waals surface area contributed by atoms with E-state index in [9.17, 15) is 22.8 Å². The van der Waals surface area contributed by atoms with Gasteiger partial charge in [-0.3, -0.25) is 4.79 Å². The van der Waals surface area contributed by atoms with Crippen LogP contribution in [0.15, 0.2) is 61.2 Å². The van der Waals surface area contributed by atoms with E-state index in [0.29, 0.717) is 5.56 Å². The molecule has 3 N–H and O–H groups in total. The number of aliphatic hydroxyl groups is 1. The second-order valence-electron chi connectivity index (χ2n) is 5.97. The van der Waals surface area contributed by atoms with E-state index in [1.807, 2.05) is 0 Å². The summed E-state index contributed by atoms with van der Waals surface area (Å²) in [6, 6.07) is 10.3. The summed E-state index contributed by atoms with van der Waals surface area (Å²) in [6.45, 7) is 3.11. The number of rotatable bonds is 7. The topological polar surface area (TPSA) is 81.7 Å². The first kappa shape index (κ1) is 22.0. The average molecular weight is 407 g/mol. The summed E-state index contributed by atoms with van der Waals surface area (Å²) in [5.41, 5.74) is -1.35. The SMILES string of the molecule is C=CCN(CCO)C(=O)Nc1ccc(NC(=O)c2ccccc2)cc1C(F)(F)F. The van der Waals surface area contributed by atoms with Crippen LogP contribution in [0.4, 0.5) is 29.3 Å². The number of amides is 3. The number of carbonyl (C=O) groups excluding carboxylic acids is 2. The molecule has 0 aromatic heterocycles. The van der Waals surface area contributed by atoms with Crippen molar-refractivity contribution < 1.29 is 27.9 Å². The molecule has 0 bridgehead atoms. The van der Waals surface area contributed by atoms with Crippen molar-refractivity contribution in [1.82, 2.24) is 4.90 Å². The van der Waals surface area contributed by atoms with Crippen molar-refractivity contribution in [3.8, 4) is 0 Å². The minimum absolute atomic E-state index is 0.0545. The third-order valence-electron chi connectivity index (χ3n) is 3.87. The van der Waals surface area contributed by atoms with Gasteiger partial charge in [-0.15, -0.1) is 6.58 Å². The number of aliphatic hydroxyl groups excluding tert-OH is 1. The van der Waals surface area contributed by atoms with Crippen LogP contribution in [0.3, 0.4) is 0 Å². The van der Waals surface area contributed by atoms with Crippen LogP contribution in [-0.2, 0) is 6.18 Å². The molecule has 2 aromatic carbocycles. The van der Waals surface area contributed by atoms with Gasteiger partial charge in [-0.1, -0.05) is 24.3 Å². The number of nitrogens with one attached hydrogen (secondary N) is 2. The van der Waals surface area contributed by atoms with Crippen molar-refractivity contribution in [3.05, 3.63) is 72.3 Å². The number of halogens is 3. The van der Waals surface area contributed by atoms with E-state index in [1.165, 1.54) is 24.3 Å². The van der Waals surface area contributed by atoms with E-state index < -0.39 is 29.4 Å². The molecule has 29 heavy (non-hydrogen) atoms. The molecule has 3 amide bonds. The Morgan fingerprint density at radius 1 is 1.10 bits per heavy atom. The van der Waals surface area contributed by atoms with Crippen LogP contribution in [0.25, 0.3) is 0 Å². The van der Waals surface area contributed by atoms with E-state index >= 15 is 0 Å². The molecule has 0 spiro atoms. The lowest BCUT2D eigenvalue weighted by Gasteiger charge is -2.22. The van der Waals surface area contributed by atoms with Gasteiger partial charge in [0.05, 0.1) is 17.9 Å². The zero-order valence-corrected chi connectivity index (χ0v) is 15.4. The molecule has 2 aromatic rings. The molecule has 0 unspecified atom stereocenters. The third-order valence-corrected chi connectivity index (χ3v) is 3.87. The van der Waals surface area contributed by atoms with Gasteiger partial charge >= 0.3 is 12.2 Å². The number of alkyl halides is 3. The number of hydrogen-bond acceptors (Lipinski definition) is 3. The Labute approximate surface area is 165 Å². The molecule has 0 radical (unpaired) electrons. The molecule has 154 valence electrons. The van der Waals surface area contributed by atoms with Gasteiger partial charge in [0.2, 0.25) is 0 Å². The smallest absolute Gasteiger partial charge is 0.395 e. The molecule has 0 aliphatic rings. The molecule has 0 saturated carbocycles. The molecular formula is C20H20F3N3O3. The summed E-state index contributed by atoms with van der Waals surface area (Å²) < 4.78 is 40.5. The lowest BCUT2D eigenvalue weighted by atomic mass is 10.1. The quantitative estimate of drug-likeness (QED) is 0.608. The van der Waals surface area contributed by atoms with Crippen molar-refractivity contribution in [2.45, 2.75) is 6.18 Å². The fraction of sp³-hybridized carbons (Fsp3) is 0.200. The van der Waals surface area contributed by atoms with Crippen LogP contribution in [0.1, 0.15) is 15.9 Å². The van der Waals surface area contributed by atoms with Gasteiger partial charge in [-0.25, -0.2) is 4.79 Å². The zero-order chi connectivity index (χ0) is 21.4. The normalized spacial score (nSPS) is 10.9. The molecule has 0 aliphatic heterocycles. The molecule has 0 heterocycles. The summed E-state index contributed by atoms with van der Waals surface area (Å²) in [6.07, 6.45) is -3.38. The van der Waals surface area contributed by atoms with Crippen LogP contribution in [0.2, 0.25) is 0 Å². The Bertz CT molecular complexity index is 870. The molecule has 6 nitrogen and oxygen atoms in total. The predicted molar refractivity (Wildman–Crippen MR) is 104 cm³/mol. The van der Waals surface area contributed by atoms with Crippen molar-refractivity contribution in [2.24, 2.45) is 0 Å². The van der Waals surface area contributed by atoms with Crippen molar-refractivity contribution in [1.29, 1.82) is 0 Å². The Morgan fingerprint density at radius 2 is 1.79 bits per heavy atom. The molecule has 2 rings (SSSR count). The number of hydrogen-bond donors (Lipinski definition) is 3. The minimum atomic E-state index is -4.77. The van der Waals surface area contributed by atoms with E-state index in [1.54, 1.807) is 18.2 Å². The van der Waals surface area contributed by atoms with E-state index in [2.05, 4.69) is 17.2 Å². The Hall–Kier alpha value is -3.33. The average Bonchev–Trinajstić information content (AvgIpc) is 2.68. The summed E-state index contributed by atoms with van der Waals surface area (Å²) in [4.78, 5) is 25.5. The lowest BCUT2D eigenvalue weighted by Crippen LogP contribution is -2.37. The second kappa shape index (κ2) is 9.74. The maximum atomic E-state index is 13.5. The fourth-order valence-electron chi connectivity index (χ4n) is 2.50. The van der Waals surface area contributed by atoms with Gasteiger partial charge in [0.15, 0.2) is 0 Å². The highest BCUT2D eigenvalue weighted by atomic mass is 19.4. The molecule has 0 saturated heterocycles. The standard InChI is InChI=1S/C20H20F3N3O3/c1-2-10-26(11-12-27)19(29)25-17-9-8-15(13-16(17)20(21,22)23)24-18(28)14-6-4-3-5-7-14/h2-9,13,27H,1,10-12H2,(H,24,28)(H,25,29). The fourth-order valence-corrected chi connectivity index (χ4v) is 2.50. The summed E-state index contributed by atoms with van der Waals surface area (Å²) in [5.74, 6) is -0.560. The van der Waals surface area contributed by atoms with E-state index in [-0.39, 0.29) is 25.4 Å². The Morgan fingerprint density at radius 3 is 2.38 bits per heavy atom. The number of urea groups is 1. The predicted octanol–water partition coefficient (Wildman–Crippen LogP) is 3.97. The Kier molecular flexibility index (Phi) is 7.38. The summed E-state index contributed by atoms with van der Waals surface area (Å²) >= 11 is 0. The van der Waals surface area contributed by atoms with Crippen LogP contribution in [0.5, 0.6) is 0 Å². The highest BCUT2D eigenvalue weighted by Gasteiger charge is 2.34. The molecule has 0 fully saturated rings. The first-order valence-corrected chi connectivity index (χ1v) is 8.61. The van der Waals surface area contributed by atoms with Crippen LogP contribution in [0, 0.1) is 0 Å². The molecular weight excluding hydrogens is 387 g/mol. The van der Waals surface area contributed by atoms with Gasteiger partial charge in [-0.05, 0) is 30.3 Å². The van der Waals surface area contributed by atoms with Crippen LogP contribution in [-0.4, -0.2) is 41.6 Å². The largest absolute Gasteiger partial charge is 0.418 e. The van der Waals surface area contributed by atoms with Gasteiger partial charge in [0, 0.05) is 24.3 Å². The monoisotopic (exact) mass is 407 g/mol. The van der Waals surface area contributed by atoms with Crippen molar-refractivity contribution in [2.75, 3.05) is 30.3 Å². The second-order valence-corrected chi connectivity index (χ2v) is 5.97. The lowest BCUT2D eigenvalue weighted by molar-refractivity contribution is -0.136. The molecule has 0 atom stereocenters. The third kappa shape index (κ3) is 6.08. The van der Waals surface area contributed by atoms with Crippen LogP contribution >= 0.6 is 0 Å². The highest BCUT2D eigenvalue weighted by molar-refractivity contribution is 6.04. The summed E-state index contributed by atoms with van der Waals surface area (Å²) in [7, 11) is 0. The van der Waals surface area contributed by atoms with Gasteiger partial charge in [0.25, 0.3) is 5.91 Å². The number of nitrogens with zero attached hydrogens (tertiary/aromatic N) is 1. The summed E-state index contributed by atoms with van der Waals surface area (Å²) in [5, 5.41) is 13.6. The maximum Gasteiger partial charge on any atom is 0.418 e. The van der Waals surface area contributed by atoms with E-state index in [4.69, 9.17) is 5.11 Å². The Balaban J connectivity index is 2.26. The first-order chi connectivity index (χ1) is 13.8. The zero-order valence-electron chi connectivity index (χ0n) is 15.4. The number of carbonyl (C=O) groups is 2. The first-order valence-electron chi connectivity index (χ1n) is 8.61. The van der Waals surface area contributed by atoms with Gasteiger partial charge in [0.1, 0.15) is 0 Å². The maximum absolute atomic E-state index is 13.5. The highest BCUT2D eigenvalue weighted by Crippen LogP contribution is 2.36. The molecule has 0 aliphatic carbocycles. The molecule has 9 heteroatoms. The number of benzene rings is 2. The van der Waals surface area contributed by atoms with Crippen molar-refractivity contribution >= 4 is 23.3 Å². The van der Waals surface area contributed by atoms with Crippen molar-refractivity contribution in [3.63, 3.8) is 0 Å². The van der Waals surface area contributed by atoms with Gasteiger partial charge < -0.3 is 20.6 Å². The minimum Gasteiger partial charge on any atom is -0.395 e. The van der Waals surface area contributed by atoms with Crippen LogP contribution < -0.4 is 10.6 Å². The van der Waals surface area contributed by atoms with Gasteiger partial charge in [-0.2, -0.15) is 13.2 Å². The number of anilines is 2.